The molecule has 4 N–H and O–H groups in total. The largest absolute Gasteiger partial charge is 0.472 e. The smallest absolute Gasteiger partial charge is 0.463 e. The molecule has 0 aliphatic carbocycles. The average molecular weight is 1680 g/mol. The van der Waals surface area contributed by atoms with Crippen LogP contribution < -0.4 is 0 Å². The predicted octanol–water partition coefficient (Wildman–Crippen LogP) is 28.9. The van der Waals surface area contributed by atoms with Gasteiger partial charge in [0.25, 0.3) is 0 Å². The number of aliphatic hydroxyl groups excluding tert-OH is 2. The molecular weight excluding hydrogens is 1510 g/mol. The molecule has 672 valence electrons. The number of hydrogen-bond acceptors (Lipinski definition) is 14. The molecule has 0 fully saturated rings. The summed E-state index contributed by atoms with van der Waals surface area (Å²) in [7, 11) is -9.81. The number of allylic oxidation sites excluding steroid dienone is 26. The summed E-state index contributed by atoms with van der Waals surface area (Å²) < 4.78 is 61.4. The normalized spacial score (nSPS) is 14.5. The van der Waals surface area contributed by atoms with Crippen LogP contribution in [0.25, 0.3) is 0 Å². The molecule has 0 spiro atoms. The van der Waals surface area contributed by atoms with E-state index < -0.39 is 91.5 Å². The maximum Gasteiger partial charge on any atom is 0.472 e. The van der Waals surface area contributed by atoms with Crippen LogP contribution in [-0.4, -0.2) is 95.9 Å². The molecule has 0 bridgehead atoms. The van der Waals surface area contributed by atoms with Crippen molar-refractivity contribution in [2.45, 2.75) is 411 Å². The summed E-state index contributed by atoms with van der Waals surface area (Å²) in [5.74, 6) is -1.58. The second kappa shape index (κ2) is 90.4. The Labute approximate surface area is 714 Å². The van der Waals surface area contributed by atoms with Crippen LogP contribution in [0.1, 0.15) is 393 Å². The third-order valence-corrected chi connectivity index (χ3v) is 21.6. The summed E-state index contributed by atoms with van der Waals surface area (Å²) in [5.41, 5.74) is 0. The van der Waals surface area contributed by atoms with Gasteiger partial charge in [-0.1, -0.05) is 384 Å². The van der Waals surface area contributed by atoms with Crippen LogP contribution in [0.2, 0.25) is 0 Å². The van der Waals surface area contributed by atoms with E-state index in [4.69, 9.17) is 32.3 Å². The van der Waals surface area contributed by atoms with Crippen molar-refractivity contribution in [1.82, 2.24) is 0 Å². The molecule has 0 radical (unpaired) electrons. The topological polar surface area (TPSA) is 231 Å². The molecule has 0 aliphatic heterocycles. The number of aliphatic hydroxyl groups is 2. The Morgan fingerprint density at radius 2 is 0.453 bits per heavy atom. The van der Waals surface area contributed by atoms with Gasteiger partial charge < -0.3 is 34.2 Å². The van der Waals surface area contributed by atoms with Crippen molar-refractivity contribution in [3.8, 4) is 0 Å². The van der Waals surface area contributed by atoms with Crippen molar-refractivity contribution in [2.75, 3.05) is 39.6 Å². The standard InChI is InChI=1S/C99H170O16P2/c1-4-7-10-13-16-19-22-25-28-30-32-34-36-38-40-42-44-45-46-47-49-51-52-54-56-58-60-62-65-67-70-73-76-79-82-85-97(102)109-88-94(100)89-111-116(105,106)112-90-95(101)91-113-117(107,108)114-93-96(115-99(104)87-84-81-78-75-72-69-64-27-24-21-18-15-12-9-6-3)92-110-98(103)86-83-80-77-74-71-68-66-63-61-59-57-55-53-50-48-43-41-39-37-35-33-31-29-26-23-20-17-14-11-8-5-2/h7-8,10-11,16-21,25-29,32-35,38-41,44-45,64,94-96,100-101H,4-6,9,12-15,22-24,30-31,36-37,42-43,46-63,65-93H2,1-3H3,(H,105,106)(H,107,108)/b10-7-,11-8-,19-16-,20-17-,21-18-,28-25-,29-26-,34-32-,35-33-,40-38-,41-39-,45-44-,64-27-. The first kappa shape index (κ1) is 112. The molecule has 0 saturated carbocycles. The third kappa shape index (κ3) is 91.7. The maximum atomic E-state index is 13.0. The number of rotatable bonds is 88. The number of carbonyl (C=O) groups excluding carboxylic acids is 3. The maximum absolute atomic E-state index is 13.0. The van der Waals surface area contributed by atoms with E-state index in [1.165, 1.54) is 180 Å². The number of unbranched alkanes of at least 4 members (excludes halogenated alkanes) is 39. The molecule has 0 amide bonds. The van der Waals surface area contributed by atoms with Gasteiger partial charge in [0, 0.05) is 19.3 Å². The molecule has 0 aromatic rings. The molecule has 0 saturated heterocycles. The fourth-order valence-electron chi connectivity index (χ4n) is 12.7. The minimum absolute atomic E-state index is 0.0877. The first-order valence-corrected chi connectivity index (χ1v) is 49.8. The van der Waals surface area contributed by atoms with E-state index in [0.717, 1.165) is 154 Å². The minimum Gasteiger partial charge on any atom is -0.463 e. The first-order chi connectivity index (χ1) is 57.2. The van der Waals surface area contributed by atoms with Crippen molar-refractivity contribution in [3.05, 3.63) is 158 Å². The number of ether oxygens (including phenoxy) is 3. The Hall–Kier alpha value is -4.83. The van der Waals surface area contributed by atoms with E-state index in [2.05, 4.69) is 179 Å². The monoisotopic (exact) mass is 1680 g/mol. The number of phosphoric acid groups is 2. The number of carbonyl (C=O) groups is 3. The van der Waals surface area contributed by atoms with Gasteiger partial charge in [0.1, 0.15) is 25.4 Å². The zero-order valence-corrected chi connectivity index (χ0v) is 75.9. The third-order valence-electron chi connectivity index (χ3n) is 19.7. The highest BCUT2D eigenvalue weighted by Gasteiger charge is 2.29. The lowest BCUT2D eigenvalue weighted by Gasteiger charge is -2.21. The Morgan fingerprint density at radius 3 is 0.718 bits per heavy atom. The van der Waals surface area contributed by atoms with Gasteiger partial charge in [-0.05, 0) is 148 Å². The van der Waals surface area contributed by atoms with Gasteiger partial charge in [0.15, 0.2) is 6.10 Å². The van der Waals surface area contributed by atoms with Crippen LogP contribution in [-0.2, 0) is 55.8 Å². The molecule has 5 unspecified atom stereocenters. The molecule has 5 atom stereocenters. The van der Waals surface area contributed by atoms with E-state index in [1.54, 1.807) is 0 Å². The minimum atomic E-state index is -4.94. The molecule has 16 nitrogen and oxygen atoms in total. The predicted molar refractivity (Wildman–Crippen MR) is 491 cm³/mol. The second-order valence-corrected chi connectivity index (χ2v) is 34.0. The highest BCUT2D eigenvalue weighted by Crippen LogP contribution is 2.45. The Kier molecular flexibility index (Phi) is 86.7. The highest BCUT2D eigenvalue weighted by atomic mass is 31.2. The molecule has 117 heavy (non-hydrogen) atoms. The molecule has 0 aromatic carbocycles. The summed E-state index contributed by atoms with van der Waals surface area (Å²) in [4.78, 5) is 58.9. The summed E-state index contributed by atoms with van der Waals surface area (Å²) in [6.07, 6.45) is 116. The summed E-state index contributed by atoms with van der Waals surface area (Å²) in [6.45, 7) is 2.46. The van der Waals surface area contributed by atoms with E-state index in [9.17, 15) is 43.5 Å². The van der Waals surface area contributed by atoms with Crippen molar-refractivity contribution >= 4 is 33.6 Å². The van der Waals surface area contributed by atoms with Gasteiger partial charge >= 0.3 is 33.6 Å². The molecule has 18 heteroatoms. The van der Waals surface area contributed by atoms with Gasteiger partial charge in [-0.25, -0.2) is 9.13 Å². The van der Waals surface area contributed by atoms with Gasteiger partial charge in [-0.2, -0.15) is 0 Å². The second-order valence-electron chi connectivity index (χ2n) is 31.0. The van der Waals surface area contributed by atoms with Crippen LogP contribution in [0, 0.1) is 0 Å². The number of phosphoric ester groups is 2. The van der Waals surface area contributed by atoms with Crippen molar-refractivity contribution in [3.63, 3.8) is 0 Å². The van der Waals surface area contributed by atoms with Gasteiger partial charge in [0.05, 0.1) is 26.4 Å². The van der Waals surface area contributed by atoms with Crippen LogP contribution in [0.5, 0.6) is 0 Å². The van der Waals surface area contributed by atoms with E-state index in [-0.39, 0.29) is 19.3 Å². The zero-order valence-electron chi connectivity index (χ0n) is 74.1. The quantitative estimate of drug-likeness (QED) is 0.0146. The Morgan fingerprint density at radius 1 is 0.248 bits per heavy atom. The van der Waals surface area contributed by atoms with E-state index >= 15 is 0 Å². The molecular formula is C99H170O16P2. The van der Waals surface area contributed by atoms with Crippen LogP contribution in [0.3, 0.4) is 0 Å². The molecule has 0 aliphatic rings. The average Bonchev–Trinajstić information content (AvgIpc) is 0.886. The number of hydrogen-bond donors (Lipinski definition) is 4. The van der Waals surface area contributed by atoms with Crippen LogP contribution in [0.15, 0.2) is 158 Å². The number of esters is 3. The summed E-state index contributed by atoms with van der Waals surface area (Å²) >= 11 is 0. The van der Waals surface area contributed by atoms with E-state index in [0.29, 0.717) is 19.3 Å². The lowest BCUT2D eigenvalue weighted by Crippen LogP contribution is -2.30. The van der Waals surface area contributed by atoms with Crippen molar-refractivity contribution < 1.29 is 75.8 Å². The summed E-state index contributed by atoms with van der Waals surface area (Å²) in [5, 5.41) is 20.7. The SMILES string of the molecule is CC/C=C\C/C=C\C/C=C\C/C=C\C/C=C\C/C=C\CCCCCCCCCCCCCCCCCCC(=O)OCC(O)COP(=O)(O)OCC(O)COP(=O)(O)OCC(COC(=O)CCCCCCCCCCCCCCCCC/C=C\C/C=C\C/C=C\C/C=C\C/C=C\CC)OC(=O)CCCCCCC/C=C\C/C=C\CCCCC. The highest BCUT2D eigenvalue weighted by molar-refractivity contribution is 7.47. The fraction of sp³-hybridized carbons (Fsp3) is 0.707. The van der Waals surface area contributed by atoms with Gasteiger partial charge in [-0.15, -0.1) is 0 Å². The lowest BCUT2D eigenvalue weighted by atomic mass is 10.0. The fourth-order valence-corrected chi connectivity index (χ4v) is 14.3. The van der Waals surface area contributed by atoms with Crippen molar-refractivity contribution in [2.24, 2.45) is 0 Å². The summed E-state index contributed by atoms with van der Waals surface area (Å²) in [6, 6.07) is 0. The Bertz CT molecular complexity index is 2760. The zero-order chi connectivity index (χ0) is 85.1. The van der Waals surface area contributed by atoms with Gasteiger partial charge in [0.2, 0.25) is 0 Å². The van der Waals surface area contributed by atoms with Crippen molar-refractivity contribution in [1.29, 1.82) is 0 Å². The van der Waals surface area contributed by atoms with Gasteiger partial charge in [-0.3, -0.25) is 32.5 Å². The van der Waals surface area contributed by atoms with Crippen LogP contribution in [0.4, 0.5) is 0 Å². The molecule has 0 aromatic heterocycles. The molecule has 0 heterocycles. The first-order valence-electron chi connectivity index (χ1n) is 46.8. The molecule has 0 rings (SSSR count). The Balaban J connectivity index is 4.43. The van der Waals surface area contributed by atoms with Crippen LogP contribution >= 0.6 is 15.6 Å². The lowest BCUT2D eigenvalue weighted by molar-refractivity contribution is -0.161. The van der Waals surface area contributed by atoms with E-state index in [1.807, 2.05) is 0 Å².